The first-order valence-electron chi connectivity index (χ1n) is 8.92. The van der Waals surface area contributed by atoms with Gasteiger partial charge in [0.2, 0.25) is 0 Å². The van der Waals surface area contributed by atoms with Crippen molar-refractivity contribution >= 4 is 0 Å². The molecular formula is C18H38O. The summed E-state index contributed by atoms with van der Waals surface area (Å²) in [6.07, 6.45) is 19.2. The number of unbranched alkanes of at least 4 members (excludes halogenated alkanes) is 11. The molecule has 0 heterocycles. The Morgan fingerprint density at radius 3 is 1.37 bits per heavy atom. The Balaban J connectivity index is 2.95. The lowest BCUT2D eigenvalue weighted by Gasteiger charge is -2.07. The van der Waals surface area contributed by atoms with Gasteiger partial charge in [-0.1, -0.05) is 97.3 Å². The summed E-state index contributed by atoms with van der Waals surface area (Å²) in [5.74, 6) is 0.936. The summed E-state index contributed by atoms with van der Waals surface area (Å²) in [6, 6.07) is 0. The molecule has 0 aliphatic carbocycles. The quantitative estimate of drug-likeness (QED) is 0.357. The molecule has 0 rings (SSSR count). The van der Waals surface area contributed by atoms with Crippen LogP contribution >= 0.6 is 0 Å². The average molecular weight is 271 g/mol. The molecule has 0 bridgehead atoms. The lowest BCUT2D eigenvalue weighted by atomic mass is 9.99. The second-order valence-corrected chi connectivity index (χ2v) is 6.27. The van der Waals surface area contributed by atoms with Crippen LogP contribution in [-0.2, 0) is 0 Å². The Morgan fingerprint density at radius 2 is 1.00 bits per heavy atom. The van der Waals surface area contributed by atoms with Gasteiger partial charge < -0.3 is 5.11 Å². The van der Waals surface area contributed by atoms with E-state index in [1.807, 2.05) is 0 Å². The van der Waals surface area contributed by atoms with Crippen molar-refractivity contribution in [2.24, 2.45) is 5.92 Å². The average Bonchev–Trinajstić information content (AvgIpc) is 2.43. The van der Waals surface area contributed by atoms with E-state index in [0.717, 1.165) is 12.3 Å². The van der Waals surface area contributed by atoms with E-state index < -0.39 is 0 Å². The molecule has 0 aromatic carbocycles. The van der Waals surface area contributed by atoms with Gasteiger partial charge in [-0.05, 0) is 12.3 Å². The smallest absolute Gasteiger partial charge is 0.0431 e. The molecule has 1 heteroatoms. The van der Waals surface area contributed by atoms with E-state index in [-0.39, 0.29) is 0 Å². The maximum atomic E-state index is 8.67. The summed E-state index contributed by atoms with van der Waals surface area (Å²) < 4.78 is 0. The monoisotopic (exact) mass is 270 g/mol. The third kappa shape index (κ3) is 15.9. The second-order valence-electron chi connectivity index (χ2n) is 6.27. The zero-order valence-corrected chi connectivity index (χ0v) is 13.6. The van der Waals surface area contributed by atoms with Crippen molar-refractivity contribution in [3.8, 4) is 0 Å². The number of hydrogen-bond acceptors (Lipinski definition) is 1. The van der Waals surface area contributed by atoms with Gasteiger partial charge in [0, 0.05) is 6.61 Å². The number of aliphatic hydroxyl groups is 1. The molecule has 0 saturated carbocycles. The minimum absolute atomic E-state index is 0.372. The van der Waals surface area contributed by atoms with E-state index in [1.165, 1.54) is 83.5 Å². The summed E-state index contributed by atoms with van der Waals surface area (Å²) in [7, 11) is 0. The summed E-state index contributed by atoms with van der Waals surface area (Å²) >= 11 is 0. The summed E-state index contributed by atoms with van der Waals surface area (Å²) in [4.78, 5) is 0. The predicted octanol–water partition coefficient (Wildman–Crippen LogP) is 6.10. The van der Waals surface area contributed by atoms with Crippen LogP contribution in [0.3, 0.4) is 0 Å². The van der Waals surface area contributed by atoms with Crippen molar-refractivity contribution < 1.29 is 5.11 Å². The molecule has 0 aromatic rings. The van der Waals surface area contributed by atoms with Crippen LogP contribution in [0.2, 0.25) is 0 Å². The van der Waals surface area contributed by atoms with Crippen LogP contribution in [0, 0.1) is 5.92 Å². The molecule has 0 saturated heterocycles. The highest BCUT2D eigenvalue weighted by Crippen LogP contribution is 2.15. The first kappa shape index (κ1) is 19.0. The van der Waals surface area contributed by atoms with Gasteiger partial charge in [-0.2, -0.15) is 0 Å². The van der Waals surface area contributed by atoms with Crippen molar-refractivity contribution in [2.75, 3.05) is 6.61 Å². The fraction of sp³-hybridized carbons (Fsp3) is 1.00. The molecule has 0 amide bonds. The molecule has 0 aliphatic rings. The summed E-state index contributed by atoms with van der Waals surface area (Å²) in [5, 5.41) is 8.67. The fourth-order valence-electron chi connectivity index (χ4n) is 2.58. The normalized spacial score (nSPS) is 12.8. The lowest BCUT2D eigenvalue weighted by Crippen LogP contribution is -1.91. The zero-order chi connectivity index (χ0) is 14.2. The van der Waals surface area contributed by atoms with Gasteiger partial charge >= 0.3 is 0 Å². The Bertz CT molecular complexity index is 156. The van der Waals surface area contributed by atoms with Gasteiger partial charge in [-0.15, -0.1) is 0 Å². The third-order valence-corrected chi connectivity index (χ3v) is 4.30. The van der Waals surface area contributed by atoms with Crippen LogP contribution in [0.4, 0.5) is 0 Å². The number of hydrogen-bond donors (Lipinski definition) is 1. The van der Waals surface area contributed by atoms with Crippen molar-refractivity contribution in [3.63, 3.8) is 0 Å². The lowest BCUT2D eigenvalue weighted by molar-refractivity contribution is 0.282. The van der Waals surface area contributed by atoms with E-state index >= 15 is 0 Å². The minimum atomic E-state index is 0.372. The predicted molar refractivity (Wildman–Crippen MR) is 86.6 cm³/mol. The van der Waals surface area contributed by atoms with Crippen LogP contribution in [0.5, 0.6) is 0 Å². The van der Waals surface area contributed by atoms with Gasteiger partial charge in [0.05, 0.1) is 0 Å². The van der Waals surface area contributed by atoms with Gasteiger partial charge in [0.1, 0.15) is 0 Å². The topological polar surface area (TPSA) is 20.2 Å². The zero-order valence-electron chi connectivity index (χ0n) is 13.6. The molecule has 0 aromatic heterocycles. The SMILES string of the molecule is CCC(C)CCCCCCCCCCCCCCO. The second kappa shape index (κ2) is 16.0. The van der Waals surface area contributed by atoms with E-state index in [1.54, 1.807) is 0 Å². The maximum absolute atomic E-state index is 8.67. The van der Waals surface area contributed by atoms with Gasteiger partial charge in [-0.25, -0.2) is 0 Å². The van der Waals surface area contributed by atoms with E-state index in [9.17, 15) is 0 Å². The molecule has 1 unspecified atom stereocenters. The number of rotatable bonds is 15. The Labute approximate surface area is 122 Å². The van der Waals surface area contributed by atoms with Crippen LogP contribution < -0.4 is 0 Å². The van der Waals surface area contributed by atoms with Gasteiger partial charge in [-0.3, -0.25) is 0 Å². The highest BCUT2D eigenvalue weighted by molar-refractivity contribution is 4.52. The van der Waals surface area contributed by atoms with E-state index in [4.69, 9.17) is 5.11 Å². The molecule has 0 fully saturated rings. The van der Waals surface area contributed by atoms with E-state index in [2.05, 4.69) is 13.8 Å². The molecule has 1 N–H and O–H groups in total. The van der Waals surface area contributed by atoms with Crippen LogP contribution in [0.15, 0.2) is 0 Å². The summed E-state index contributed by atoms with van der Waals surface area (Å²) in [6.45, 7) is 5.05. The minimum Gasteiger partial charge on any atom is -0.396 e. The Hall–Kier alpha value is -0.0400. The largest absolute Gasteiger partial charge is 0.396 e. The molecule has 1 atom stereocenters. The van der Waals surface area contributed by atoms with Gasteiger partial charge in [0.25, 0.3) is 0 Å². The standard InChI is InChI=1S/C18H38O/c1-3-18(2)16-14-12-10-8-6-4-5-7-9-11-13-15-17-19/h18-19H,3-17H2,1-2H3. The van der Waals surface area contributed by atoms with Gasteiger partial charge in [0.15, 0.2) is 0 Å². The van der Waals surface area contributed by atoms with Crippen molar-refractivity contribution in [1.82, 2.24) is 0 Å². The third-order valence-electron chi connectivity index (χ3n) is 4.30. The van der Waals surface area contributed by atoms with Crippen LogP contribution in [0.1, 0.15) is 104 Å². The molecule has 0 aliphatic heterocycles. The van der Waals surface area contributed by atoms with Crippen molar-refractivity contribution in [1.29, 1.82) is 0 Å². The fourth-order valence-corrected chi connectivity index (χ4v) is 2.58. The maximum Gasteiger partial charge on any atom is 0.0431 e. The van der Waals surface area contributed by atoms with Crippen LogP contribution in [0.25, 0.3) is 0 Å². The number of aliphatic hydroxyl groups excluding tert-OH is 1. The molecule has 0 spiro atoms. The molecular weight excluding hydrogens is 232 g/mol. The molecule has 1 nitrogen and oxygen atoms in total. The highest BCUT2D eigenvalue weighted by atomic mass is 16.2. The highest BCUT2D eigenvalue weighted by Gasteiger charge is 1.98. The van der Waals surface area contributed by atoms with Crippen LogP contribution in [-0.4, -0.2) is 11.7 Å². The van der Waals surface area contributed by atoms with Crippen molar-refractivity contribution in [2.45, 2.75) is 104 Å². The van der Waals surface area contributed by atoms with E-state index in [0.29, 0.717) is 6.61 Å². The molecule has 116 valence electrons. The Kier molecular flexibility index (Phi) is 16.0. The first-order valence-corrected chi connectivity index (χ1v) is 8.92. The molecule has 19 heavy (non-hydrogen) atoms. The molecule has 0 radical (unpaired) electrons. The summed E-state index contributed by atoms with van der Waals surface area (Å²) in [5.41, 5.74) is 0. The van der Waals surface area contributed by atoms with Crippen molar-refractivity contribution in [3.05, 3.63) is 0 Å². The first-order chi connectivity index (χ1) is 9.31. The Morgan fingerprint density at radius 1 is 0.632 bits per heavy atom.